The van der Waals surface area contributed by atoms with E-state index in [1.807, 2.05) is 19.9 Å². The fourth-order valence-corrected chi connectivity index (χ4v) is 3.41. The van der Waals surface area contributed by atoms with Gasteiger partial charge >= 0.3 is 5.97 Å². The van der Waals surface area contributed by atoms with Crippen LogP contribution in [-0.4, -0.2) is 34.8 Å². The highest BCUT2D eigenvalue weighted by Gasteiger charge is 2.19. The van der Waals surface area contributed by atoms with Crippen molar-refractivity contribution in [2.45, 2.75) is 20.3 Å². The normalized spacial score (nSPS) is 10.5. The van der Waals surface area contributed by atoms with Crippen LogP contribution >= 0.6 is 23.2 Å². The monoisotopic (exact) mass is 470 g/mol. The minimum absolute atomic E-state index is 0.129. The molecule has 1 aromatic heterocycles. The molecule has 1 heterocycles. The van der Waals surface area contributed by atoms with Crippen LogP contribution in [-0.2, 0) is 9.53 Å². The molecule has 0 atom stereocenters. The first-order valence-electron chi connectivity index (χ1n) is 9.74. The molecule has 0 fully saturated rings. The van der Waals surface area contributed by atoms with Gasteiger partial charge in [0.2, 0.25) is 0 Å². The zero-order valence-corrected chi connectivity index (χ0v) is 19.0. The Morgan fingerprint density at radius 1 is 1.16 bits per heavy atom. The van der Waals surface area contributed by atoms with E-state index >= 15 is 0 Å². The Hall–Kier alpha value is -3.34. The third kappa shape index (κ3) is 5.28. The molecule has 0 unspecified atom stereocenters. The fraction of sp³-hybridized carbons (Fsp3) is 0.217. The highest BCUT2D eigenvalue weighted by Crippen LogP contribution is 2.23. The summed E-state index contributed by atoms with van der Waals surface area (Å²) in [5.41, 5.74) is 3.08. The molecule has 0 saturated carbocycles. The Balaban J connectivity index is 1.67. The van der Waals surface area contributed by atoms with Gasteiger partial charge < -0.3 is 9.64 Å². The van der Waals surface area contributed by atoms with Crippen molar-refractivity contribution in [2.75, 3.05) is 18.1 Å². The van der Waals surface area contributed by atoms with E-state index in [1.165, 1.54) is 4.90 Å². The second kappa shape index (κ2) is 10.3. The van der Waals surface area contributed by atoms with Gasteiger partial charge in [-0.1, -0.05) is 29.3 Å². The number of hydrogen-bond acceptors (Lipinski definition) is 5. The first-order chi connectivity index (χ1) is 15.3. The molecule has 3 aromatic rings. The van der Waals surface area contributed by atoms with Gasteiger partial charge in [-0.15, -0.1) is 0 Å². The number of carbonyl (C=O) groups is 2. The summed E-state index contributed by atoms with van der Waals surface area (Å²) < 4.78 is 6.89. The Labute approximate surface area is 195 Å². The van der Waals surface area contributed by atoms with Gasteiger partial charge in [-0.25, -0.2) is 9.48 Å². The van der Waals surface area contributed by atoms with Crippen molar-refractivity contribution in [3.05, 3.63) is 75.5 Å². The number of aryl methyl sites for hydroxylation is 1. The minimum atomic E-state index is -0.636. The van der Waals surface area contributed by atoms with Gasteiger partial charge in [0.15, 0.2) is 6.61 Å². The maximum absolute atomic E-state index is 12.7. The van der Waals surface area contributed by atoms with Gasteiger partial charge in [-0.05, 0) is 56.3 Å². The van der Waals surface area contributed by atoms with Crippen LogP contribution in [0.3, 0.4) is 0 Å². The average Bonchev–Trinajstić information content (AvgIpc) is 3.05. The van der Waals surface area contributed by atoms with Crippen LogP contribution in [0.4, 0.5) is 5.69 Å². The molecule has 2 aromatic carbocycles. The van der Waals surface area contributed by atoms with Crippen LogP contribution < -0.4 is 4.90 Å². The van der Waals surface area contributed by atoms with Gasteiger partial charge in [0.05, 0.1) is 40.2 Å². The maximum Gasteiger partial charge on any atom is 0.338 e. The number of halogens is 2. The molecule has 0 aliphatic carbocycles. The highest BCUT2D eigenvalue weighted by atomic mass is 35.5. The van der Waals surface area contributed by atoms with Crippen LogP contribution in [0, 0.1) is 25.2 Å². The summed E-state index contributed by atoms with van der Waals surface area (Å²) in [7, 11) is 0. The van der Waals surface area contributed by atoms with E-state index in [9.17, 15) is 9.59 Å². The number of anilines is 1. The van der Waals surface area contributed by atoms with E-state index in [4.69, 9.17) is 33.2 Å². The largest absolute Gasteiger partial charge is 0.452 e. The molecule has 0 aliphatic rings. The number of ether oxygens (including phenoxy) is 1. The number of rotatable bonds is 7. The molecule has 0 radical (unpaired) electrons. The lowest BCUT2D eigenvalue weighted by atomic mass is 10.2. The van der Waals surface area contributed by atoms with Crippen LogP contribution in [0.1, 0.15) is 28.2 Å². The van der Waals surface area contributed by atoms with Crippen LogP contribution in [0.15, 0.2) is 48.5 Å². The van der Waals surface area contributed by atoms with Gasteiger partial charge in [-0.3, -0.25) is 4.79 Å². The third-order valence-electron chi connectivity index (χ3n) is 4.75. The summed E-state index contributed by atoms with van der Waals surface area (Å²) in [4.78, 5) is 26.5. The van der Waals surface area contributed by atoms with Crippen molar-refractivity contribution >= 4 is 40.8 Å². The fourth-order valence-electron chi connectivity index (χ4n) is 3.11. The molecule has 9 heteroatoms. The SMILES string of the molecule is Cc1nn(-c2ccc(C(=O)OCC(=O)N(CCC#N)c3cccc(Cl)c3)cc2)c(C)c1Cl. The van der Waals surface area contributed by atoms with Crippen molar-refractivity contribution < 1.29 is 14.3 Å². The van der Waals surface area contributed by atoms with Crippen molar-refractivity contribution in [3.63, 3.8) is 0 Å². The van der Waals surface area contributed by atoms with Gasteiger partial charge in [0.25, 0.3) is 5.91 Å². The molecule has 7 nitrogen and oxygen atoms in total. The molecule has 164 valence electrons. The Bertz CT molecular complexity index is 1180. The van der Waals surface area contributed by atoms with Gasteiger partial charge in [-0.2, -0.15) is 10.4 Å². The van der Waals surface area contributed by atoms with Crippen molar-refractivity contribution in [2.24, 2.45) is 0 Å². The van der Waals surface area contributed by atoms with Crippen LogP contribution in [0.2, 0.25) is 10.0 Å². The number of esters is 1. The topological polar surface area (TPSA) is 88.2 Å². The van der Waals surface area contributed by atoms with E-state index in [1.54, 1.807) is 53.2 Å². The van der Waals surface area contributed by atoms with Gasteiger partial charge in [0, 0.05) is 17.3 Å². The second-order valence-electron chi connectivity index (χ2n) is 6.95. The minimum Gasteiger partial charge on any atom is -0.452 e. The van der Waals surface area contributed by atoms with E-state index in [2.05, 4.69) is 5.10 Å². The van der Waals surface area contributed by atoms with E-state index in [0.29, 0.717) is 27.0 Å². The average molecular weight is 471 g/mol. The van der Waals surface area contributed by atoms with Gasteiger partial charge in [0.1, 0.15) is 0 Å². The van der Waals surface area contributed by atoms with Crippen molar-refractivity contribution in [1.82, 2.24) is 9.78 Å². The van der Waals surface area contributed by atoms with Crippen molar-refractivity contribution in [3.8, 4) is 11.8 Å². The molecule has 0 saturated heterocycles. The lowest BCUT2D eigenvalue weighted by Crippen LogP contribution is -2.35. The lowest BCUT2D eigenvalue weighted by molar-refractivity contribution is -0.121. The molecule has 0 bridgehead atoms. The van der Waals surface area contributed by atoms with Crippen LogP contribution in [0.5, 0.6) is 0 Å². The second-order valence-corrected chi connectivity index (χ2v) is 7.77. The zero-order valence-electron chi connectivity index (χ0n) is 17.5. The standard InChI is InChI=1S/C23H20Cl2N4O3/c1-15-22(25)16(2)29(27-15)19-9-7-17(8-10-19)23(31)32-14-21(30)28(12-4-11-26)20-6-3-5-18(24)13-20/h3,5-10,13H,4,12,14H2,1-2H3. The van der Waals surface area contributed by atoms with E-state index < -0.39 is 18.5 Å². The lowest BCUT2D eigenvalue weighted by Gasteiger charge is -2.21. The number of nitrogens with zero attached hydrogens (tertiary/aromatic N) is 4. The third-order valence-corrected chi connectivity index (χ3v) is 5.53. The quantitative estimate of drug-likeness (QED) is 0.458. The number of carbonyl (C=O) groups excluding carboxylic acids is 2. The number of hydrogen-bond donors (Lipinski definition) is 0. The molecule has 0 N–H and O–H groups in total. The summed E-state index contributed by atoms with van der Waals surface area (Å²) >= 11 is 12.2. The molecule has 0 spiro atoms. The summed E-state index contributed by atoms with van der Waals surface area (Å²) in [6, 6.07) is 15.3. The number of benzene rings is 2. The number of aromatic nitrogens is 2. The molecular formula is C23H20Cl2N4O3. The first-order valence-corrected chi connectivity index (χ1v) is 10.5. The molecule has 32 heavy (non-hydrogen) atoms. The predicted molar refractivity (Wildman–Crippen MR) is 122 cm³/mol. The first kappa shape index (κ1) is 23.3. The molecular weight excluding hydrogens is 451 g/mol. The van der Waals surface area contributed by atoms with Crippen LogP contribution in [0.25, 0.3) is 5.69 Å². The Morgan fingerprint density at radius 3 is 2.47 bits per heavy atom. The summed E-state index contributed by atoms with van der Waals surface area (Å²) in [5.74, 6) is -1.09. The summed E-state index contributed by atoms with van der Waals surface area (Å²) in [6.45, 7) is 3.37. The Kier molecular flexibility index (Phi) is 7.52. The molecule has 1 amide bonds. The molecule has 3 rings (SSSR count). The summed E-state index contributed by atoms with van der Waals surface area (Å²) in [5, 5.41) is 14.3. The van der Waals surface area contributed by atoms with E-state index in [-0.39, 0.29) is 13.0 Å². The van der Waals surface area contributed by atoms with Crippen molar-refractivity contribution in [1.29, 1.82) is 5.26 Å². The molecule has 0 aliphatic heterocycles. The van der Waals surface area contributed by atoms with E-state index in [0.717, 1.165) is 11.4 Å². The summed E-state index contributed by atoms with van der Waals surface area (Å²) in [6.07, 6.45) is 0.129. The highest BCUT2D eigenvalue weighted by molar-refractivity contribution is 6.32. The number of nitriles is 1. The smallest absolute Gasteiger partial charge is 0.338 e. The predicted octanol–water partition coefficient (Wildman–Crippen LogP) is 4.90. The maximum atomic E-state index is 12.7. The Morgan fingerprint density at radius 2 is 1.88 bits per heavy atom. The zero-order chi connectivity index (χ0) is 23.3. The number of amides is 1.